The number of esters is 1. The second kappa shape index (κ2) is 9.71. The van der Waals surface area contributed by atoms with E-state index in [1.165, 1.54) is 11.8 Å². The van der Waals surface area contributed by atoms with Crippen LogP contribution in [0.3, 0.4) is 0 Å². The Morgan fingerprint density at radius 2 is 2.07 bits per heavy atom. The maximum atomic E-state index is 12.5. The summed E-state index contributed by atoms with van der Waals surface area (Å²) in [6.07, 6.45) is 1.59. The molecular formula is C20H18BrN3O4S. The van der Waals surface area contributed by atoms with Crippen LogP contribution < -0.4 is 5.32 Å². The van der Waals surface area contributed by atoms with Gasteiger partial charge in [0.05, 0.1) is 16.9 Å². The summed E-state index contributed by atoms with van der Waals surface area (Å²) in [6, 6.07) is 10.6. The molecule has 7 nitrogen and oxygen atoms in total. The van der Waals surface area contributed by atoms with E-state index in [9.17, 15) is 9.59 Å². The number of pyridine rings is 1. The molecule has 0 aliphatic rings. The summed E-state index contributed by atoms with van der Waals surface area (Å²) in [5.74, 6) is 0.165. The fraction of sp³-hybridized carbons (Fsp3) is 0.200. The van der Waals surface area contributed by atoms with E-state index in [1.807, 2.05) is 32.0 Å². The van der Waals surface area contributed by atoms with E-state index in [2.05, 4.69) is 31.4 Å². The zero-order valence-corrected chi connectivity index (χ0v) is 18.2. The van der Waals surface area contributed by atoms with Crippen LogP contribution in [0.4, 0.5) is 5.69 Å². The minimum absolute atomic E-state index is 0.294. The first-order valence-corrected chi connectivity index (χ1v) is 10.4. The first kappa shape index (κ1) is 21.1. The average molecular weight is 476 g/mol. The molecule has 2 heterocycles. The lowest BCUT2D eigenvalue weighted by molar-refractivity contribution is -0.119. The van der Waals surface area contributed by atoms with Crippen LogP contribution in [0.25, 0.3) is 0 Å². The second-order valence-corrected chi connectivity index (χ2v) is 8.00. The van der Waals surface area contributed by atoms with Crippen molar-refractivity contribution in [1.82, 2.24) is 10.1 Å². The van der Waals surface area contributed by atoms with Crippen molar-refractivity contribution in [3.63, 3.8) is 0 Å². The average Bonchev–Trinajstić information content (AvgIpc) is 3.12. The van der Waals surface area contributed by atoms with E-state index in [-0.39, 0.29) is 0 Å². The van der Waals surface area contributed by atoms with E-state index in [4.69, 9.17) is 9.26 Å². The molecule has 1 N–H and O–H groups in total. The highest BCUT2D eigenvalue weighted by molar-refractivity contribution is 9.10. The minimum Gasteiger partial charge on any atom is -0.452 e. The molecule has 0 spiro atoms. The molecule has 0 aliphatic carbocycles. The molecule has 9 heteroatoms. The number of carbonyl (C=O) groups is 2. The van der Waals surface area contributed by atoms with Gasteiger partial charge in [0.15, 0.2) is 6.61 Å². The number of rotatable bonds is 7. The first-order chi connectivity index (χ1) is 13.9. The van der Waals surface area contributed by atoms with Crippen molar-refractivity contribution in [3.05, 3.63) is 69.6 Å². The number of thioether (sulfide) groups is 1. The molecule has 0 saturated carbocycles. The van der Waals surface area contributed by atoms with E-state index < -0.39 is 18.5 Å². The zero-order valence-electron chi connectivity index (χ0n) is 15.8. The lowest BCUT2D eigenvalue weighted by atomic mass is 10.2. The van der Waals surface area contributed by atoms with Gasteiger partial charge < -0.3 is 14.6 Å². The Morgan fingerprint density at radius 3 is 2.79 bits per heavy atom. The molecular weight excluding hydrogens is 458 g/mol. The van der Waals surface area contributed by atoms with E-state index >= 15 is 0 Å². The molecule has 0 fully saturated rings. The Balaban J connectivity index is 1.58. The van der Waals surface area contributed by atoms with Crippen LogP contribution in [0.15, 0.2) is 56.6 Å². The Hall–Kier alpha value is -2.65. The summed E-state index contributed by atoms with van der Waals surface area (Å²) in [5, 5.41) is 7.13. The number of benzene rings is 1. The van der Waals surface area contributed by atoms with Gasteiger partial charge in [-0.2, -0.15) is 0 Å². The van der Waals surface area contributed by atoms with Crippen molar-refractivity contribution in [2.24, 2.45) is 0 Å². The molecule has 0 atom stereocenters. The highest BCUT2D eigenvalue weighted by atomic mass is 79.9. The zero-order chi connectivity index (χ0) is 20.8. The van der Waals surface area contributed by atoms with Crippen LogP contribution in [0.1, 0.15) is 27.4 Å². The second-order valence-electron chi connectivity index (χ2n) is 6.18. The third-order valence-corrected chi connectivity index (χ3v) is 5.45. The van der Waals surface area contributed by atoms with Crippen LogP contribution in [0.2, 0.25) is 0 Å². The largest absolute Gasteiger partial charge is 0.452 e. The number of anilines is 1. The summed E-state index contributed by atoms with van der Waals surface area (Å²) in [6.45, 7) is 3.36. The van der Waals surface area contributed by atoms with Crippen molar-refractivity contribution in [3.8, 4) is 0 Å². The fourth-order valence-electron chi connectivity index (χ4n) is 2.41. The number of nitrogens with one attached hydrogen (secondary N) is 1. The number of hydrogen-bond donors (Lipinski definition) is 1. The molecule has 3 aromatic rings. The molecule has 0 unspecified atom stereocenters. The summed E-state index contributed by atoms with van der Waals surface area (Å²) in [7, 11) is 0. The summed E-state index contributed by atoms with van der Waals surface area (Å²) < 4.78 is 11.0. The van der Waals surface area contributed by atoms with Crippen molar-refractivity contribution in [2.45, 2.75) is 24.6 Å². The van der Waals surface area contributed by atoms with Crippen LogP contribution >= 0.6 is 27.7 Å². The predicted molar refractivity (Wildman–Crippen MR) is 113 cm³/mol. The number of aryl methyl sites for hydroxylation is 2. The van der Waals surface area contributed by atoms with Crippen LogP contribution in [0, 0.1) is 13.8 Å². The topological polar surface area (TPSA) is 94.3 Å². The van der Waals surface area contributed by atoms with Gasteiger partial charge in [0.25, 0.3) is 5.91 Å². The Labute approximate surface area is 180 Å². The van der Waals surface area contributed by atoms with Crippen LogP contribution in [-0.4, -0.2) is 28.6 Å². The standard InChI is InChI=1S/C20H18BrN3O4S/c1-12-5-6-17(16(21)8-12)23-18(25)10-27-20(26)15-4-3-7-22-19(15)29-11-14-9-13(2)28-24-14/h3-9H,10-11H2,1-2H3,(H,23,25). The molecule has 0 saturated heterocycles. The molecule has 29 heavy (non-hydrogen) atoms. The highest BCUT2D eigenvalue weighted by Gasteiger charge is 2.17. The number of halogens is 1. The molecule has 1 amide bonds. The van der Waals surface area contributed by atoms with Gasteiger partial charge in [-0.3, -0.25) is 4.79 Å². The quantitative estimate of drug-likeness (QED) is 0.395. The van der Waals surface area contributed by atoms with Gasteiger partial charge in [0, 0.05) is 22.5 Å². The molecule has 3 rings (SSSR count). The van der Waals surface area contributed by atoms with Gasteiger partial charge in [-0.15, -0.1) is 0 Å². The number of carbonyl (C=O) groups excluding carboxylic acids is 2. The Bertz CT molecular complexity index is 1040. The number of nitrogens with zero attached hydrogens (tertiary/aromatic N) is 2. The van der Waals surface area contributed by atoms with Gasteiger partial charge in [0.1, 0.15) is 10.8 Å². The summed E-state index contributed by atoms with van der Waals surface area (Å²) >= 11 is 4.74. The number of amides is 1. The maximum Gasteiger partial charge on any atom is 0.341 e. The third-order valence-electron chi connectivity index (χ3n) is 3.76. The maximum absolute atomic E-state index is 12.5. The number of hydrogen-bond acceptors (Lipinski definition) is 7. The molecule has 0 aliphatic heterocycles. The molecule has 1 aromatic carbocycles. The lowest BCUT2D eigenvalue weighted by Crippen LogP contribution is -2.21. The Kier molecular flexibility index (Phi) is 7.05. The van der Waals surface area contributed by atoms with Gasteiger partial charge in [-0.1, -0.05) is 23.0 Å². The van der Waals surface area contributed by atoms with Gasteiger partial charge in [-0.25, -0.2) is 9.78 Å². The van der Waals surface area contributed by atoms with Crippen molar-refractivity contribution in [1.29, 1.82) is 0 Å². The van der Waals surface area contributed by atoms with E-state index in [0.717, 1.165) is 15.7 Å². The van der Waals surface area contributed by atoms with Crippen molar-refractivity contribution >= 4 is 45.3 Å². The highest BCUT2D eigenvalue weighted by Crippen LogP contribution is 2.25. The van der Waals surface area contributed by atoms with Crippen LogP contribution in [-0.2, 0) is 15.3 Å². The monoisotopic (exact) mass is 475 g/mol. The SMILES string of the molecule is Cc1ccc(NC(=O)COC(=O)c2cccnc2SCc2cc(C)on2)c(Br)c1. The van der Waals surface area contributed by atoms with E-state index in [0.29, 0.717) is 27.8 Å². The van der Waals surface area contributed by atoms with Gasteiger partial charge >= 0.3 is 5.97 Å². The molecule has 0 radical (unpaired) electrons. The van der Waals surface area contributed by atoms with E-state index in [1.54, 1.807) is 24.4 Å². The molecule has 0 bridgehead atoms. The number of aromatic nitrogens is 2. The lowest BCUT2D eigenvalue weighted by Gasteiger charge is -2.10. The summed E-state index contributed by atoms with van der Waals surface area (Å²) in [5.41, 5.74) is 2.71. The first-order valence-electron chi connectivity index (χ1n) is 8.65. The minimum atomic E-state index is -0.616. The third kappa shape index (κ3) is 5.91. The fourth-order valence-corrected chi connectivity index (χ4v) is 3.86. The Morgan fingerprint density at radius 1 is 1.24 bits per heavy atom. The van der Waals surface area contributed by atoms with Gasteiger partial charge in [0.2, 0.25) is 0 Å². The van der Waals surface area contributed by atoms with Crippen molar-refractivity contribution < 1.29 is 18.8 Å². The predicted octanol–water partition coefficient (Wildman–Crippen LogP) is 4.54. The van der Waals surface area contributed by atoms with Gasteiger partial charge in [-0.05, 0) is 59.6 Å². The van der Waals surface area contributed by atoms with Crippen molar-refractivity contribution in [2.75, 3.05) is 11.9 Å². The molecule has 2 aromatic heterocycles. The normalized spacial score (nSPS) is 10.6. The summed E-state index contributed by atoms with van der Waals surface area (Å²) in [4.78, 5) is 28.8. The molecule has 150 valence electrons. The smallest absolute Gasteiger partial charge is 0.341 e. The number of ether oxygens (including phenoxy) is 1. The van der Waals surface area contributed by atoms with Crippen LogP contribution in [0.5, 0.6) is 0 Å².